The lowest BCUT2D eigenvalue weighted by Gasteiger charge is -1.96. The molecule has 0 aliphatic carbocycles. The largest absolute Gasteiger partial charge is 0.350 e. The molecular weight excluding hydrogens is 182 g/mol. The van der Waals surface area contributed by atoms with Gasteiger partial charge in [-0.3, -0.25) is 4.68 Å². The molecule has 6 nitrogen and oxygen atoms in total. The molecule has 0 fully saturated rings. The van der Waals surface area contributed by atoms with Crippen LogP contribution in [0, 0.1) is 0 Å². The summed E-state index contributed by atoms with van der Waals surface area (Å²) in [5.74, 6) is 0. The van der Waals surface area contributed by atoms with Crippen LogP contribution in [-0.2, 0) is 6.54 Å². The first-order valence-electron chi connectivity index (χ1n) is 4.26. The highest BCUT2D eigenvalue weighted by molar-refractivity contribution is 5.98. The van der Waals surface area contributed by atoms with Gasteiger partial charge >= 0.3 is 6.03 Å². The summed E-state index contributed by atoms with van der Waals surface area (Å²) in [6.45, 7) is 4.56. The van der Waals surface area contributed by atoms with Gasteiger partial charge in [-0.15, -0.1) is 0 Å². The molecule has 1 aromatic heterocycles. The predicted octanol–water partition coefficient (Wildman–Crippen LogP) is 0.295. The lowest BCUT2D eigenvalue weighted by molar-refractivity contribution is 0.249. The van der Waals surface area contributed by atoms with E-state index in [2.05, 4.69) is 15.6 Å². The zero-order valence-electron chi connectivity index (χ0n) is 8.19. The summed E-state index contributed by atoms with van der Waals surface area (Å²) in [4.78, 5) is 10.4. The Morgan fingerprint density at radius 2 is 2.50 bits per heavy atom. The number of hydrogen-bond acceptors (Lipinski definition) is 3. The van der Waals surface area contributed by atoms with Crippen molar-refractivity contribution in [2.75, 3.05) is 0 Å². The number of hydrazone groups is 1. The summed E-state index contributed by atoms with van der Waals surface area (Å²) in [5, 5.41) is 7.86. The maximum Gasteiger partial charge on any atom is 0.332 e. The molecule has 0 unspecified atom stereocenters. The molecule has 0 atom stereocenters. The molecule has 0 aliphatic rings. The average Bonchev–Trinajstić information content (AvgIpc) is 2.62. The molecule has 6 heteroatoms. The Morgan fingerprint density at radius 1 is 1.79 bits per heavy atom. The van der Waals surface area contributed by atoms with Gasteiger partial charge in [-0.1, -0.05) is 0 Å². The number of carbonyl (C=O) groups is 1. The van der Waals surface area contributed by atoms with Gasteiger partial charge in [0.15, 0.2) is 0 Å². The van der Waals surface area contributed by atoms with Gasteiger partial charge in [0, 0.05) is 18.3 Å². The van der Waals surface area contributed by atoms with Crippen LogP contribution < -0.4 is 11.2 Å². The quantitative estimate of drug-likeness (QED) is 0.536. The van der Waals surface area contributed by atoms with Crippen LogP contribution in [0.25, 0.3) is 0 Å². The van der Waals surface area contributed by atoms with Crippen LogP contribution in [0.2, 0.25) is 0 Å². The minimum atomic E-state index is -0.674. The molecule has 0 aromatic carbocycles. The second-order valence-electron chi connectivity index (χ2n) is 2.76. The van der Waals surface area contributed by atoms with Crippen LogP contribution in [0.15, 0.2) is 17.5 Å². The molecule has 14 heavy (non-hydrogen) atoms. The van der Waals surface area contributed by atoms with E-state index < -0.39 is 6.03 Å². The highest BCUT2D eigenvalue weighted by Gasteiger charge is 2.00. The highest BCUT2D eigenvalue weighted by Crippen LogP contribution is 1.99. The summed E-state index contributed by atoms with van der Waals surface area (Å²) < 4.78 is 1.78. The van der Waals surface area contributed by atoms with E-state index in [-0.39, 0.29) is 0 Å². The number of nitrogens with two attached hydrogens (primary N) is 1. The smallest absolute Gasteiger partial charge is 0.332 e. The second-order valence-corrected chi connectivity index (χ2v) is 2.76. The van der Waals surface area contributed by atoms with Gasteiger partial charge in [-0.05, 0) is 13.8 Å². The number of urea groups is 1. The van der Waals surface area contributed by atoms with Crippen molar-refractivity contribution in [3.63, 3.8) is 0 Å². The van der Waals surface area contributed by atoms with Crippen molar-refractivity contribution in [2.45, 2.75) is 20.4 Å². The van der Waals surface area contributed by atoms with Crippen LogP contribution >= 0.6 is 0 Å². The molecule has 0 aliphatic heterocycles. The Labute approximate surface area is 81.8 Å². The number of aryl methyl sites for hydroxylation is 1. The van der Waals surface area contributed by atoms with Crippen LogP contribution in [0.3, 0.4) is 0 Å². The molecule has 0 saturated carbocycles. The number of nitrogens with one attached hydrogen (secondary N) is 1. The SMILES string of the molecule is CCn1cc(C(C)=NNC(N)=O)cn1. The second kappa shape index (κ2) is 4.40. The average molecular weight is 195 g/mol. The number of carbonyl (C=O) groups excluding carboxylic acids is 1. The van der Waals surface area contributed by atoms with Crippen LogP contribution in [0.1, 0.15) is 19.4 Å². The number of primary amides is 1. The van der Waals surface area contributed by atoms with Crippen molar-refractivity contribution < 1.29 is 4.79 Å². The Hall–Kier alpha value is -1.85. The van der Waals surface area contributed by atoms with E-state index in [1.807, 2.05) is 13.1 Å². The van der Waals surface area contributed by atoms with E-state index in [9.17, 15) is 4.79 Å². The van der Waals surface area contributed by atoms with Crippen molar-refractivity contribution >= 4 is 11.7 Å². The Morgan fingerprint density at radius 3 is 3.00 bits per heavy atom. The molecule has 3 N–H and O–H groups in total. The fourth-order valence-corrected chi connectivity index (χ4v) is 0.927. The van der Waals surface area contributed by atoms with Gasteiger partial charge in [0.2, 0.25) is 0 Å². The molecule has 1 heterocycles. The van der Waals surface area contributed by atoms with Crippen LogP contribution in [0.4, 0.5) is 4.79 Å². The van der Waals surface area contributed by atoms with Gasteiger partial charge in [0.25, 0.3) is 0 Å². The normalized spacial score (nSPS) is 11.4. The molecule has 1 rings (SSSR count). The zero-order chi connectivity index (χ0) is 10.6. The third-order valence-corrected chi connectivity index (χ3v) is 1.71. The zero-order valence-corrected chi connectivity index (χ0v) is 8.19. The lowest BCUT2D eigenvalue weighted by atomic mass is 10.2. The van der Waals surface area contributed by atoms with Crippen LogP contribution in [-0.4, -0.2) is 21.5 Å². The standard InChI is InChI=1S/C8H13N5O/c1-3-13-5-7(4-10-13)6(2)11-12-8(9)14/h4-5H,3H2,1-2H3,(H3,9,12,14). The molecule has 0 bridgehead atoms. The molecule has 0 radical (unpaired) electrons. The third-order valence-electron chi connectivity index (χ3n) is 1.71. The third kappa shape index (κ3) is 2.58. The van der Waals surface area contributed by atoms with Gasteiger partial charge < -0.3 is 5.73 Å². The number of amides is 2. The van der Waals surface area contributed by atoms with E-state index in [1.54, 1.807) is 17.8 Å². The number of nitrogens with zero attached hydrogens (tertiary/aromatic N) is 3. The first kappa shape index (κ1) is 10.2. The van der Waals surface area contributed by atoms with Crippen molar-refractivity contribution in [1.29, 1.82) is 0 Å². The molecule has 76 valence electrons. The Kier molecular flexibility index (Phi) is 3.22. The van der Waals surface area contributed by atoms with Gasteiger partial charge in [0.05, 0.1) is 11.9 Å². The number of rotatable bonds is 3. The first-order chi connectivity index (χ1) is 6.63. The van der Waals surface area contributed by atoms with E-state index in [0.29, 0.717) is 5.71 Å². The molecular formula is C8H13N5O. The highest BCUT2D eigenvalue weighted by atomic mass is 16.2. The Bertz CT molecular complexity index is 354. The minimum Gasteiger partial charge on any atom is -0.350 e. The van der Waals surface area contributed by atoms with Crippen LogP contribution in [0.5, 0.6) is 0 Å². The van der Waals surface area contributed by atoms with E-state index in [1.165, 1.54) is 0 Å². The Balaban J connectivity index is 2.73. The van der Waals surface area contributed by atoms with Crippen molar-refractivity contribution in [3.8, 4) is 0 Å². The topological polar surface area (TPSA) is 85.3 Å². The van der Waals surface area contributed by atoms with E-state index in [0.717, 1.165) is 12.1 Å². The number of aromatic nitrogens is 2. The maximum atomic E-state index is 10.4. The fraction of sp³-hybridized carbons (Fsp3) is 0.375. The summed E-state index contributed by atoms with van der Waals surface area (Å²) in [6, 6.07) is -0.674. The molecule has 2 amide bonds. The van der Waals surface area contributed by atoms with Crippen molar-refractivity contribution in [1.82, 2.24) is 15.2 Å². The summed E-state index contributed by atoms with van der Waals surface area (Å²) in [7, 11) is 0. The van der Waals surface area contributed by atoms with E-state index >= 15 is 0 Å². The fourth-order valence-electron chi connectivity index (χ4n) is 0.927. The van der Waals surface area contributed by atoms with Crippen molar-refractivity contribution in [3.05, 3.63) is 18.0 Å². The molecule has 0 saturated heterocycles. The lowest BCUT2D eigenvalue weighted by Crippen LogP contribution is -2.25. The van der Waals surface area contributed by atoms with Gasteiger partial charge in [0.1, 0.15) is 0 Å². The monoisotopic (exact) mass is 195 g/mol. The molecule has 1 aromatic rings. The van der Waals surface area contributed by atoms with E-state index in [4.69, 9.17) is 5.73 Å². The maximum absolute atomic E-state index is 10.4. The number of hydrogen-bond donors (Lipinski definition) is 2. The summed E-state index contributed by atoms with van der Waals surface area (Å²) in [6.07, 6.45) is 3.53. The van der Waals surface area contributed by atoms with Crippen molar-refractivity contribution in [2.24, 2.45) is 10.8 Å². The minimum absolute atomic E-state index is 0.670. The first-order valence-corrected chi connectivity index (χ1v) is 4.26. The molecule has 0 spiro atoms. The predicted molar refractivity (Wildman–Crippen MR) is 52.8 cm³/mol. The van der Waals surface area contributed by atoms with Gasteiger partial charge in [-0.25, -0.2) is 10.2 Å². The summed E-state index contributed by atoms with van der Waals surface area (Å²) in [5.41, 5.74) is 8.56. The summed E-state index contributed by atoms with van der Waals surface area (Å²) >= 11 is 0. The van der Waals surface area contributed by atoms with Gasteiger partial charge in [-0.2, -0.15) is 10.2 Å².